The number of hydrogen-bond donors (Lipinski definition) is 1. The quantitative estimate of drug-likeness (QED) is 0.869. The molecule has 0 aliphatic rings. The number of primary sulfonamides is 1. The Bertz CT molecular complexity index is 768. The van der Waals surface area contributed by atoms with Crippen LogP contribution in [-0.4, -0.2) is 8.42 Å². The monoisotopic (exact) mass is 337 g/mol. The summed E-state index contributed by atoms with van der Waals surface area (Å²) in [6.07, 6.45) is 2.03. The second-order valence-corrected chi connectivity index (χ2v) is 7.32. The molecule has 0 fully saturated rings. The molecule has 0 heterocycles. The molecular formula is C17H20ClNO2S. The minimum atomic E-state index is -3.72. The predicted molar refractivity (Wildman–Crippen MR) is 91.6 cm³/mol. The van der Waals surface area contributed by atoms with E-state index in [4.69, 9.17) is 16.7 Å². The highest BCUT2D eigenvalue weighted by atomic mass is 35.5. The van der Waals surface area contributed by atoms with Crippen LogP contribution in [0.2, 0.25) is 5.02 Å². The van der Waals surface area contributed by atoms with Gasteiger partial charge in [0.05, 0.1) is 4.90 Å². The van der Waals surface area contributed by atoms with E-state index in [0.29, 0.717) is 10.9 Å². The van der Waals surface area contributed by atoms with Gasteiger partial charge in [-0.25, -0.2) is 13.6 Å². The molecule has 0 bridgehead atoms. The predicted octanol–water partition coefficient (Wildman–Crippen LogP) is 4.56. The van der Waals surface area contributed by atoms with Crippen molar-refractivity contribution in [1.82, 2.24) is 0 Å². The summed E-state index contributed by atoms with van der Waals surface area (Å²) in [7, 11) is -3.72. The van der Waals surface area contributed by atoms with Gasteiger partial charge in [0, 0.05) is 5.02 Å². The van der Waals surface area contributed by atoms with Gasteiger partial charge in [-0.15, -0.1) is 0 Å². The van der Waals surface area contributed by atoms with Crippen molar-refractivity contribution in [3.8, 4) is 11.1 Å². The average Bonchev–Trinajstić information content (AvgIpc) is 2.49. The van der Waals surface area contributed by atoms with Crippen molar-refractivity contribution >= 4 is 21.6 Å². The third kappa shape index (κ3) is 3.69. The van der Waals surface area contributed by atoms with Crippen LogP contribution in [-0.2, 0) is 10.0 Å². The van der Waals surface area contributed by atoms with Gasteiger partial charge in [-0.05, 0) is 59.7 Å². The summed E-state index contributed by atoms with van der Waals surface area (Å²) in [5.41, 5.74) is 2.96. The van der Waals surface area contributed by atoms with Crippen LogP contribution in [0.5, 0.6) is 0 Å². The molecule has 118 valence electrons. The molecule has 2 N–H and O–H groups in total. The fraction of sp³-hybridized carbons (Fsp3) is 0.294. The number of hydrogen-bond acceptors (Lipinski definition) is 2. The first-order chi connectivity index (χ1) is 10.4. The Morgan fingerprint density at radius 2 is 1.77 bits per heavy atom. The SMILES string of the molecule is CCC(CC)c1ccc(Cl)cc1-c1cccc(S(N)(=O)=O)c1. The standard InChI is InChI=1S/C17H20ClNO2S/c1-3-12(4-2)16-9-8-14(18)11-17(16)13-6-5-7-15(10-13)22(19,20)21/h5-12H,3-4H2,1-2H3,(H2,19,20,21). The Labute approximate surface area is 137 Å². The van der Waals surface area contributed by atoms with E-state index in [2.05, 4.69) is 13.8 Å². The van der Waals surface area contributed by atoms with E-state index in [-0.39, 0.29) is 4.90 Å². The van der Waals surface area contributed by atoms with Crippen LogP contribution in [0.15, 0.2) is 47.4 Å². The van der Waals surface area contributed by atoms with E-state index < -0.39 is 10.0 Å². The maximum absolute atomic E-state index is 11.6. The highest BCUT2D eigenvalue weighted by Gasteiger charge is 2.15. The second-order valence-electron chi connectivity index (χ2n) is 5.32. The molecular weight excluding hydrogens is 318 g/mol. The number of sulfonamides is 1. The van der Waals surface area contributed by atoms with Gasteiger partial charge in [0.25, 0.3) is 0 Å². The van der Waals surface area contributed by atoms with E-state index in [1.165, 1.54) is 11.6 Å². The first kappa shape index (κ1) is 17.0. The smallest absolute Gasteiger partial charge is 0.225 e. The molecule has 0 unspecified atom stereocenters. The van der Waals surface area contributed by atoms with E-state index in [1.807, 2.05) is 24.3 Å². The third-order valence-corrected chi connectivity index (χ3v) is 5.06. The maximum atomic E-state index is 11.6. The summed E-state index contributed by atoms with van der Waals surface area (Å²) in [6.45, 7) is 4.29. The van der Waals surface area contributed by atoms with Gasteiger partial charge in [0.15, 0.2) is 0 Å². The molecule has 2 rings (SSSR count). The van der Waals surface area contributed by atoms with Gasteiger partial charge < -0.3 is 0 Å². The zero-order chi connectivity index (χ0) is 16.3. The van der Waals surface area contributed by atoms with E-state index >= 15 is 0 Å². The Balaban J connectivity index is 2.64. The molecule has 0 aliphatic carbocycles. The van der Waals surface area contributed by atoms with Crippen molar-refractivity contribution in [1.29, 1.82) is 0 Å². The summed E-state index contributed by atoms with van der Waals surface area (Å²) in [4.78, 5) is 0.112. The molecule has 0 saturated carbocycles. The van der Waals surface area contributed by atoms with Gasteiger partial charge in [0.2, 0.25) is 10.0 Å². The van der Waals surface area contributed by atoms with Gasteiger partial charge in [-0.3, -0.25) is 0 Å². The summed E-state index contributed by atoms with van der Waals surface area (Å²) >= 11 is 6.14. The molecule has 0 spiro atoms. The molecule has 0 radical (unpaired) electrons. The third-order valence-electron chi connectivity index (χ3n) is 3.91. The van der Waals surface area contributed by atoms with Gasteiger partial charge in [-0.1, -0.05) is 43.6 Å². The molecule has 22 heavy (non-hydrogen) atoms. The number of benzene rings is 2. The van der Waals surface area contributed by atoms with Gasteiger partial charge in [-0.2, -0.15) is 0 Å². The number of halogens is 1. The number of nitrogens with two attached hydrogens (primary N) is 1. The Morgan fingerprint density at radius 3 is 2.36 bits per heavy atom. The summed E-state index contributed by atoms with van der Waals surface area (Å²) in [6, 6.07) is 12.5. The molecule has 0 aromatic heterocycles. The van der Waals surface area contributed by atoms with Crippen LogP contribution in [0.4, 0.5) is 0 Å². The van der Waals surface area contributed by atoms with Gasteiger partial charge in [0.1, 0.15) is 0 Å². The lowest BCUT2D eigenvalue weighted by molar-refractivity contribution is 0.598. The fourth-order valence-corrected chi connectivity index (χ4v) is 3.44. The molecule has 0 amide bonds. The Kier molecular flexibility index (Phi) is 5.27. The van der Waals surface area contributed by atoms with Crippen LogP contribution in [0.25, 0.3) is 11.1 Å². The van der Waals surface area contributed by atoms with Crippen molar-refractivity contribution in [3.63, 3.8) is 0 Å². The molecule has 3 nitrogen and oxygen atoms in total. The summed E-state index contributed by atoms with van der Waals surface area (Å²) < 4.78 is 23.1. The zero-order valence-electron chi connectivity index (χ0n) is 12.7. The van der Waals surface area contributed by atoms with Crippen LogP contribution in [0.1, 0.15) is 38.2 Å². The highest BCUT2D eigenvalue weighted by molar-refractivity contribution is 7.89. The Morgan fingerprint density at radius 1 is 1.09 bits per heavy atom. The lowest BCUT2D eigenvalue weighted by Crippen LogP contribution is -2.12. The number of rotatable bonds is 5. The molecule has 2 aromatic carbocycles. The van der Waals surface area contributed by atoms with E-state index in [1.54, 1.807) is 12.1 Å². The molecule has 0 aliphatic heterocycles. The van der Waals surface area contributed by atoms with E-state index in [9.17, 15) is 8.42 Å². The van der Waals surface area contributed by atoms with Gasteiger partial charge >= 0.3 is 0 Å². The van der Waals surface area contributed by atoms with Crippen molar-refractivity contribution in [2.75, 3.05) is 0 Å². The molecule has 5 heteroatoms. The van der Waals surface area contributed by atoms with Crippen LogP contribution in [0, 0.1) is 0 Å². The topological polar surface area (TPSA) is 60.2 Å². The lowest BCUT2D eigenvalue weighted by atomic mass is 9.87. The first-order valence-corrected chi connectivity index (χ1v) is 9.22. The molecule has 2 aromatic rings. The van der Waals surface area contributed by atoms with Crippen LogP contribution >= 0.6 is 11.6 Å². The highest BCUT2D eigenvalue weighted by Crippen LogP contribution is 2.35. The zero-order valence-corrected chi connectivity index (χ0v) is 14.3. The van der Waals surface area contributed by atoms with Crippen LogP contribution in [0.3, 0.4) is 0 Å². The van der Waals surface area contributed by atoms with Crippen molar-refractivity contribution < 1.29 is 8.42 Å². The molecule has 0 saturated heterocycles. The molecule has 0 atom stereocenters. The van der Waals surface area contributed by atoms with Crippen molar-refractivity contribution in [3.05, 3.63) is 53.1 Å². The first-order valence-electron chi connectivity index (χ1n) is 7.29. The average molecular weight is 338 g/mol. The fourth-order valence-electron chi connectivity index (χ4n) is 2.70. The minimum Gasteiger partial charge on any atom is -0.225 e. The summed E-state index contributed by atoms with van der Waals surface area (Å²) in [5.74, 6) is 0.408. The minimum absolute atomic E-state index is 0.112. The van der Waals surface area contributed by atoms with Crippen molar-refractivity contribution in [2.24, 2.45) is 5.14 Å². The second kappa shape index (κ2) is 6.82. The van der Waals surface area contributed by atoms with Crippen LogP contribution < -0.4 is 5.14 Å². The van der Waals surface area contributed by atoms with E-state index in [0.717, 1.165) is 24.0 Å². The Hall–Kier alpha value is -1.36. The van der Waals surface area contributed by atoms with Crippen molar-refractivity contribution in [2.45, 2.75) is 37.5 Å². The normalized spacial score (nSPS) is 11.9. The maximum Gasteiger partial charge on any atom is 0.238 e. The summed E-state index contributed by atoms with van der Waals surface area (Å²) in [5, 5.41) is 5.86. The largest absolute Gasteiger partial charge is 0.238 e. The lowest BCUT2D eigenvalue weighted by Gasteiger charge is -2.18.